The molecule has 1 aromatic rings. The van der Waals surface area contributed by atoms with Gasteiger partial charge in [0.15, 0.2) is 0 Å². The molecule has 1 unspecified atom stereocenters. The molecule has 0 aliphatic rings. The topological polar surface area (TPSA) is 45.1 Å². The zero-order chi connectivity index (χ0) is 11.8. The number of nitrogens with one attached hydrogen (secondary N) is 1. The van der Waals surface area contributed by atoms with E-state index in [9.17, 15) is 0 Å². The Kier molecular flexibility index (Phi) is 6.61. The van der Waals surface area contributed by atoms with Crippen LogP contribution >= 0.6 is 15.9 Å². The van der Waals surface area contributed by atoms with Gasteiger partial charge in [-0.3, -0.25) is 0 Å². The van der Waals surface area contributed by atoms with Gasteiger partial charge < -0.3 is 10.4 Å². The molecule has 0 spiro atoms. The van der Waals surface area contributed by atoms with Crippen LogP contribution in [0.5, 0.6) is 0 Å². The third-order valence-electron chi connectivity index (χ3n) is 2.44. The first-order valence-electron chi connectivity index (χ1n) is 5.65. The standard InChI is InChI=1S/C12H19BrN2O/c1-10(9-16)4-3-7-14-8-11-5-2-6-12(13)15-11/h2,5-6,10,14,16H,3-4,7-9H2,1H3. The third-order valence-corrected chi connectivity index (χ3v) is 2.88. The van der Waals surface area contributed by atoms with E-state index < -0.39 is 0 Å². The summed E-state index contributed by atoms with van der Waals surface area (Å²) in [6.45, 7) is 4.12. The van der Waals surface area contributed by atoms with Crippen molar-refractivity contribution in [3.05, 3.63) is 28.5 Å². The fourth-order valence-corrected chi connectivity index (χ4v) is 1.81. The molecule has 3 nitrogen and oxygen atoms in total. The fourth-order valence-electron chi connectivity index (χ4n) is 1.43. The lowest BCUT2D eigenvalue weighted by atomic mass is 10.1. The Morgan fingerprint density at radius 3 is 3.00 bits per heavy atom. The lowest BCUT2D eigenvalue weighted by molar-refractivity contribution is 0.228. The molecule has 0 radical (unpaired) electrons. The summed E-state index contributed by atoms with van der Waals surface area (Å²) in [5.41, 5.74) is 1.05. The molecule has 0 fully saturated rings. The van der Waals surface area contributed by atoms with Gasteiger partial charge in [-0.1, -0.05) is 13.0 Å². The molecule has 0 saturated heterocycles. The highest BCUT2D eigenvalue weighted by Crippen LogP contribution is 2.06. The van der Waals surface area contributed by atoms with E-state index in [1.54, 1.807) is 0 Å². The van der Waals surface area contributed by atoms with Crippen LogP contribution in [-0.2, 0) is 6.54 Å². The second kappa shape index (κ2) is 7.76. The van der Waals surface area contributed by atoms with E-state index in [1.165, 1.54) is 0 Å². The van der Waals surface area contributed by atoms with E-state index in [2.05, 4.69) is 33.2 Å². The Morgan fingerprint density at radius 2 is 2.31 bits per heavy atom. The second-order valence-corrected chi connectivity index (χ2v) is 4.87. The number of aliphatic hydroxyl groups excluding tert-OH is 1. The maximum atomic E-state index is 8.86. The summed E-state index contributed by atoms with van der Waals surface area (Å²) >= 11 is 3.35. The van der Waals surface area contributed by atoms with Gasteiger partial charge in [0.25, 0.3) is 0 Å². The van der Waals surface area contributed by atoms with Crippen molar-refractivity contribution in [1.29, 1.82) is 0 Å². The molecule has 0 bridgehead atoms. The molecule has 0 amide bonds. The Morgan fingerprint density at radius 1 is 1.50 bits per heavy atom. The van der Waals surface area contributed by atoms with Crippen LogP contribution in [0.25, 0.3) is 0 Å². The van der Waals surface area contributed by atoms with Crippen molar-refractivity contribution in [3.63, 3.8) is 0 Å². The van der Waals surface area contributed by atoms with Crippen LogP contribution in [-0.4, -0.2) is 23.2 Å². The number of pyridine rings is 1. The van der Waals surface area contributed by atoms with Crippen LogP contribution in [0, 0.1) is 5.92 Å². The number of rotatable bonds is 7. The molecular weight excluding hydrogens is 268 g/mol. The van der Waals surface area contributed by atoms with Crippen molar-refractivity contribution < 1.29 is 5.11 Å². The van der Waals surface area contributed by atoms with Gasteiger partial charge in [0.2, 0.25) is 0 Å². The molecule has 1 aromatic heterocycles. The summed E-state index contributed by atoms with van der Waals surface area (Å²) in [6, 6.07) is 5.92. The van der Waals surface area contributed by atoms with E-state index in [-0.39, 0.29) is 6.61 Å². The normalized spacial score (nSPS) is 12.7. The highest BCUT2D eigenvalue weighted by molar-refractivity contribution is 9.10. The minimum absolute atomic E-state index is 0.285. The number of nitrogens with zero attached hydrogens (tertiary/aromatic N) is 1. The average Bonchev–Trinajstić information content (AvgIpc) is 2.28. The zero-order valence-corrected chi connectivity index (χ0v) is 11.2. The predicted molar refractivity (Wildman–Crippen MR) is 69.1 cm³/mol. The van der Waals surface area contributed by atoms with Crippen molar-refractivity contribution in [2.75, 3.05) is 13.2 Å². The zero-order valence-electron chi connectivity index (χ0n) is 9.62. The molecule has 0 saturated carbocycles. The van der Waals surface area contributed by atoms with Crippen molar-refractivity contribution in [1.82, 2.24) is 10.3 Å². The molecule has 0 aromatic carbocycles. The monoisotopic (exact) mass is 286 g/mol. The first kappa shape index (κ1) is 13.6. The number of halogens is 1. The highest BCUT2D eigenvalue weighted by Gasteiger charge is 1.99. The maximum absolute atomic E-state index is 8.86. The minimum Gasteiger partial charge on any atom is -0.396 e. The van der Waals surface area contributed by atoms with E-state index in [4.69, 9.17) is 5.11 Å². The van der Waals surface area contributed by atoms with Gasteiger partial charge >= 0.3 is 0 Å². The summed E-state index contributed by atoms with van der Waals surface area (Å²) in [7, 11) is 0. The number of hydrogen-bond donors (Lipinski definition) is 2. The van der Waals surface area contributed by atoms with E-state index in [0.717, 1.165) is 36.2 Å². The Balaban J connectivity index is 2.12. The van der Waals surface area contributed by atoms with Crippen LogP contribution in [0.4, 0.5) is 0 Å². The predicted octanol–water partition coefficient (Wildman–Crippen LogP) is 2.34. The van der Waals surface area contributed by atoms with E-state index in [0.29, 0.717) is 5.92 Å². The van der Waals surface area contributed by atoms with Crippen LogP contribution < -0.4 is 5.32 Å². The van der Waals surface area contributed by atoms with E-state index in [1.807, 2.05) is 18.2 Å². The number of aromatic nitrogens is 1. The lowest BCUT2D eigenvalue weighted by Crippen LogP contribution is -2.16. The molecule has 2 N–H and O–H groups in total. The first-order chi connectivity index (χ1) is 7.72. The SMILES string of the molecule is CC(CO)CCCNCc1cccc(Br)n1. The van der Waals surface area contributed by atoms with Crippen molar-refractivity contribution >= 4 is 15.9 Å². The molecule has 1 atom stereocenters. The summed E-state index contributed by atoms with van der Waals surface area (Å²) in [5.74, 6) is 0.408. The van der Waals surface area contributed by atoms with Crippen LogP contribution in [0.2, 0.25) is 0 Å². The van der Waals surface area contributed by atoms with E-state index >= 15 is 0 Å². The molecule has 1 heterocycles. The van der Waals surface area contributed by atoms with Gasteiger partial charge in [0.1, 0.15) is 4.60 Å². The molecule has 4 heteroatoms. The van der Waals surface area contributed by atoms with Gasteiger partial charge in [-0.2, -0.15) is 0 Å². The summed E-state index contributed by atoms with van der Waals surface area (Å²) < 4.78 is 0.876. The van der Waals surface area contributed by atoms with Crippen molar-refractivity contribution in [2.45, 2.75) is 26.3 Å². The molecule has 1 rings (SSSR count). The minimum atomic E-state index is 0.285. The maximum Gasteiger partial charge on any atom is 0.106 e. The fraction of sp³-hybridized carbons (Fsp3) is 0.583. The van der Waals surface area contributed by atoms with Gasteiger partial charge in [-0.05, 0) is 53.4 Å². The molecule has 0 aliphatic carbocycles. The number of aliphatic hydroxyl groups is 1. The molecular formula is C12H19BrN2O. The summed E-state index contributed by atoms with van der Waals surface area (Å²) in [4.78, 5) is 4.34. The summed E-state index contributed by atoms with van der Waals surface area (Å²) in [5, 5.41) is 12.2. The largest absolute Gasteiger partial charge is 0.396 e. The van der Waals surface area contributed by atoms with Crippen LogP contribution in [0.3, 0.4) is 0 Å². The van der Waals surface area contributed by atoms with Crippen LogP contribution in [0.15, 0.2) is 22.8 Å². The molecule has 16 heavy (non-hydrogen) atoms. The lowest BCUT2D eigenvalue weighted by Gasteiger charge is -2.08. The van der Waals surface area contributed by atoms with Crippen LogP contribution in [0.1, 0.15) is 25.5 Å². The van der Waals surface area contributed by atoms with Gasteiger partial charge in [0.05, 0.1) is 5.69 Å². The average molecular weight is 287 g/mol. The highest BCUT2D eigenvalue weighted by atomic mass is 79.9. The van der Waals surface area contributed by atoms with Crippen molar-refractivity contribution in [2.24, 2.45) is 5.92 Å². The molecule has 90 valence electrons. The third kappa shape index (κ3) is 5.58. The smallest absolute Gasteiger partial charge is 0.106 e. The Hall–Kier alpha value is -0.450. The quantitative estimate of drug-likeness (QED) is 0.597. The first-order valence-corrected chi connectivity index (χ1v) is 6.44. The Labute approximate surface area is 105 Å². The van der Waals surface area contributed by atoms with Gasteiger partial charge in [-0.25, -0.2) is 4.98 Å². The second-order valence-electron chi connectivity index (χ2n) is 4.06. The van der Waals surface area contributed by atoms with Gasteiger partial charge in [-0.15, -0.1) is 0 Å². The molecule has 0 aliphatic heterocycles. The Bertz CT molecular complexity index is 307. The van der Waals surface area contributed by atoms with Crippen molar-refractivity contribution in [3.8, 4) is 0 Å². The number of hydrogen-bond acceptors (Lipinski definition) is 3. The van der Waals surface area contributed by atoms with Gasteiger partial charge in [0, 0.05) is 13.2 Å². The summed E-state index contributed by atoms with van der Waals surface area (Å²) in [6.07, 6.45) is 2.16.